The summed E-state index contributed by atoms with van der Waals surface area (Å²) in [5.74, 6) is 0.0538. The maximum absolute atomic E-state index is 12.4. The molecule has 2 N–H and O–H groups in total. The molecule has 1 fully saturated rings. The van der Waals surface area contributed by atoms with Crippen LogP contribution in [0.4, 0.5) is 19.1 Å². The van der Waals surface area contributed by atoms with Crippen LogP contribution in [0.15, 0.2) is 12.3 Å². The van der Waals surface area contributed by atoms with Gasteiger partial charge in [0.2, 0.25) is 11.9 Å². The van der Waals surface area contributed by atoms with Crippen molar-refractivity contribution in [1.82, 2.24) is 15.3 Å². The van der Waals surface area contributed by atoms with Gasteiger partial charge in [0.25, 0.3) is 0 Å². The fraction of sp³-hybridized carbons (Fsp3) is 0.545. The average Bonchev–Trinajstić information content (AvgIpc) is 3.17. The second-order valence-corrected chi connectivity index (χ2v) is 4.36. The SMILES string of the molecule is O=C(CNc1nccc(C(F)(F)F)n1)NCC1CC1. The van der Waals surface area contributed by atoms with Crippen LogP contribution >= 0.6 is 0 Å². The van der Waals surface area contributed by atoms with Crippen molar-refractivity contribution >= 4 is 11.9 Å². The second-order valence-electron chi connectivity index (χ2n) is 4.36. The van der Waals surface area contributed by atoms with Crippen molar-refractivity contribution in [2.75, 3.05) is 18.4 Å². The van der Waals surface area contributed by atoms with E-state index in [9.17, 15) is 18.0 Å². The van der Waals surface area contributed by atoms with Crippen molar-refractivity contribution in [1.29, 1.82) is 0 Å². The summed E-state index contributed by atoms with van der Waals surface area (Å²) >= 11 is 0. The first kappa shape index (κ1) is 13.6. The number of hydrogen-bond acceptors (Lipinski definition) is 4. The first-order valence-electron chi connectivity index (χ1n) is 5.86. The summed E-state index contributed by atoms with van der Waals surface area (Å²) in [7, 11) is 0. The molecule has 104 valence electrons. The minimum atomic E-state index is -4.52. The Morgan fingerprint density at radius 3 is 2.79 bits per heavy atom. The Kier molecular flexibility index (Phi) is 3.87. The fourth-order valence-electron chi connectivity index (χ4n) is 1.40. The molecule has 1 aliphatic carbocycles. The lowest BCUT2D eigenvalue weighted by Crippen LogP contribution is -2.31. The molecule has 0 unspecified atom stereocenters. The van der Waals surface area contributed by atoms with Gasteiger partial charge in [0.1, 0.15) is 5.69 Å². The van der Waals surface area contributed by atoms with Crippen LogP contribution in [-0.2, 0) is 11.0 Å². The predicted octanol–water partition coefficient (Wildman–Crippen LogP) is 1.43. The third kappa shape index (κ3) is 4.38. The molecule has 0 spiro atoms. The minimum absolute atomic E-state index is 0.145. The number of anilines is 1. The molecule has 0 bridgehead atoms. The topological polar surface area (TPSA) is 66.9 Å². The molecule has 1 heterocycles. The molecule has 1 aromatic rings. The van der Waals surface area contributed by atoms with Crippen LogP contribution in [0, 0.1) is 5.92 Å². The van der Waals surface area contributed by atoms with E-state index < -0.39 is 11.9 Å². The Morgan fingerprint density at radius 2 is 2.16 bits per heavy atom. The van der Waals surface area contributed by atoms with Crippen LogP contribution in [0.3, 0.4) is 0 Å². The number of nitrogens with one attached hydrogen (secondary N) is 2. The van der Waals surface area contributed by atoms with Crippen molar-refractivity contribution in [3.05, 3.63) is 18.0 Å². The maximum Gasteiger partial charge on any atom is 0.433 e. The third-order valence-electron chi connectivity index (χ3n) is 2.64. The molecule has 1 amide bonds. The Morgan fingerprint density at radius 1 is 1.42 bits per heavy atom. The van der Waals surface area contributed by atoms with Gasteiger partial charge in [0, 0.05) is 12.7 Å². The van der Waals surface area contributed by atoms with Crippen LogP contribution in [0.25, 0.3) is 0 Å². The van der Waals surface area contributed by atoms with Gasteiger partial charge < -0.3 is 10.6 Å². The molecule has 8 heteroatoms. The molecule has 5 nitrogen and oxygen atoms in total. The zero-order valence-electron chi connectivity index (χ0n) is 10.00. The zero-order chi connectivity index (χ0) is 13.9. The van der Waals surface area contributed by atoms with Crippen molar-refractivity contribution in [2.45, 2.75) is 19.0 Å². The van der Waals surface area contributed by atoms with Crippen molar-refractivity contribution in [2.24, 2.45) is 5.92 Å². The largest absolute Gasteiger partial charge is 0.433 e. The van der Waals surface area contributed by atoms with Crippen molar-refractivity contribution in [3.8, 4) is 0 Å². The smallest absolute Gasteiger partial charge is 0.354 e. The van der Waals surface area contributed by atoms with Crippen LogP contribution in [0.2, 0.25) is 0 Å². The van der Waals surface area contributed by atoms with Crippen LogP contribution < -0.4 is 10.6 Å². The lowest BCUT2D eigenvalue weighted by molar-refractivity contribution is -0.141. The van der Waals surface area contributed by atoms with E-state index in [2.05, 4.69) is 20.6 Å². The summed E-state index contributed by atoms with van der Waals surface area (Å²) in [6.07, 6.45) is -1.29. The second kappa shape index (κ2) is 5.41. The molecule has 0 atom stereocenters. The highest BCUT2D eigenvalue weighted by molar-refractivity contribution is 5.80. The van der Waals surface area contributed by atoms with Gasteiger partial charge in [-0.15, -0.1) is 0 Å². The number of alkyl halides is 3. The minimum Gasteiger partial charge on any atom is -0.354 e. The Hall–Kier alpha value is -1.86. The molecule has 0 aromatic carbocycles. The number of amides is 1. The molecule has 0 radical (unpaired) electrons. The van der Waals surface area contributed by atoms with Gasteiger partial charge in [0.05, 0.1) is 6.54 Å². The van der Waals surface area contributed by atoms with Gasteiger partial charge in [-0.2, -0.15) is 13.2 Å². The van der Waals surface area contributed by atoms with Gasteiger partial charge in [0.15, 0.2) is 0 Å². The monoisotopic (exact) mass is 274 g/mol. The highest BCUT2D eigenvalue weighted by atomic mass is 19.4. The summed E-state index contributed by atoms with van der Waals surface area (Å²) in [5.41, 5.74) is -1.04. The van der Waals surface area contributed by atoms with E-state index >= 15 is 0 Å². The van der Waals surface area contributed by atoms with E-state index in [4.69, 9.17) is 0 Å². The Bertz CT molecular complexity index is 459. The number of halogens is 3. The van der Waals surface area contributed by atoms with Gasteiger partial charge in [-0.05, 0) is 24.8 Å². The van der Waals surface area contributed by atoms with E-state index in [-0.39, 0.29) is 18.4 Å². The van der Waals surface area contributed by atoms with E-state index in [1.807, 2.05) is 0 Å². The highest BCUT2D eigenvalue weighted by Crippen LogP contribution is 2.28. The lowest BCUT2D eigenvalue weighted by Gasteiger charge is -2.08. The number of nitrogens with zero attached hydrogens (tertiary/aromatic N) is 2. The molecule has 1 aliphatic rings. The van der Waals surface area contributed by atoms with Crippen LogP contribution in [0.1, 0.15) is 18.5 Å². The van der Waals surface area contributed by atoms with Crippen LogP contribution in [0.5, 0.6) is 0 Å². The third-order valence-corrected chi connectivity index (χ3v) is 2.64. The molecule has 1 aromatic heterocycles. The van der Waals surface area contributed by atoms with E-state index in [1.165, 1.54) is 0 Å². The molecule has 2 rings (SSSR count). The highest BCUT2D eigenvalue weighted by Gasteiger charge is 2.32. The van der Waals surface area contributed by atoms with Crippen molar-refractivity contribution < 1.29 is 18.0 Å². The Balaban J connectivity index is 1.83. The molecule has 0 aliphatic heterocycles. The maximum atomic E-state index is 12.4. The molecule has 1 saturated carbocycles. The quantitative estimate of drug-likeness (QED) is 0.852. The van der Waals surface area contributed by atoms with Crippen molar-refractivity contribution in [3.63, 3.8) is 0 Å². The first-order valence-corrected chi connectivity index (χ1v) is 5.86. The van der Waals surface area contributed by atoms with Gasteiger partial charge in [-0.1, -0.05) is 0 Å². The van der Waals surface area contributed by atoms with E-state index in [0.29, 0.717) is 12.5 Å². The van der Waals surface area contributed by atoms with Gasteiger partial charge >= 0.3 is 6.18 Å². The van der Waals surface area contributed by atoms with E-state index in [1.54, 1.807) is 0 Å². The van der Waals surface area contributed by atoms with E-state index in [0.717, 1.165) is 25.1 Å². The number of carbonyl (C=O) groups excluding carboxylic acids is 1. The molecule has 19 heavy (non-hydrogen) atoms. The fourth-order valence-corrected chi connectivity index (χ4v) is 1.40. The number of carbonyl (C=O) groups is 1. The number of hydrogen-bond donors (Lipinski definition) is 2. The summed E-state index contributed by atoms with van der Waals surface area (Å²) in [6.45, 7) is 0.470. The van der Waals surface area contributed by atoms with Crippen LogP contribution in [-0.4, -0.2) is 29.0 Å². The predicted molar refractivity (Wildman–Crippen MR) is 61.3 cm³/mol. The summed E-state index contributed by atoms with van der Waals surface area (Å²) in [5, 5.41) is 5.15. The zero-order valence-corrected chi connectivity index (χ0v) is 10.00. The normalized spacial score (nSPS) is 15.1. The summed E-state index contributed by atoms with van der Waals surface area (Å²) in [6, 6.07) is 0.776. The lowest BCUT2D eigenvalue weighted by atomic mass is 10.4. The molecule has 0 saturated heterocycles. The summed E-state index contributed by atoms with van der Waals surface area (Å²) in [4.78, 5) is 18.3. The first-order chi connectivity index (χ1) is 8.95. The number of rotatable bonds is 5. The standard InChI is InChI=1S/C11H13F3N4O/c12-11(13,14)8-3-4-15-10(18-8)17-6-9(19)16-5-7-1-2-7/h3-4,7H,1-2,5-6H2,(H,16,19)(H,15,17,18). The van der Waals surface area contributed by atoms with Gasteiger partial charge in [-0.3, -0.25) is 4.79 Å². The summed E-state index contributed by atoms with van der Waals surface area (Å²) < 4.78 is 37.2. The molecular formula is C11H13F3N4O. The molecular weight excluding hydrogens is 261 g/mol. The average molecular weight is 274 g/mol. The number of aromatic nitrogens is 2. The van der Waals surface area contributed by atoms with Gasteiger partial charge in [-0.25, -0.2) is 9.97 Å². The Labute approximate surface area is 107 Å².